The third-order valence-corrected chi connectivity index (χ3v) is 9.72. The summed E-state index contributed by atoms with van der Waals surface area (Å²) in [6.45, 7) is 6.50. The summed E-state index contributed by atoms with van der Waals surface area (Å²) in [4.78, 5) is 5.24. The maximum atomic E-state index is 12.9. The molecule has 1 heterocycles. The van der Waals surface area contributed by atoms with Gasteiger partial charge in [0.1, 0.15) is 0 Å². The Labute approximate surface area is 212 Å². The number of hydrogen-bond donors (Lipinski definition) is 0. The van der Waals surface area contributed by atoms with Crippen molar-refractivity contribution in [3.05, 3.63) is 65.2 Å². The van der Waals surface area contributed by atoms with Crippen molar-refractivity contribution in [2.24, 2.45) is 0 Å². The van der Waals surface area contributed by atoms with E-state index in [-0.39, 0.29) is 5.25 Å². The third kappa shape index (κ3) is 7.63. The van der Waals surface area contributed by atoms with Crippen molar-refractivity contribution in [3.8, 4) is 0 Å². The highest BCUT2D eigenvalue weighted by Crippen LogP contribution is 2.30. The van der Waals surface area contributed by atoms with Crippen molar-refractivity contribution in [2.45, 2.75) is 81.1 Å². The summed E-state index contributed by atoms with van der Waals surface area (Å²) in [5.41, 5.74) is 4.04. The van der Waals surface area contributed by atoms with E-state index in [0.29, 0.717) is 11.5 Å². The molecule has 0 saturated heterocycles. The molecule has 1 aliphatic carbocycles. The van der Waals surface area contributed by atoms with Gasteiger partial charge in [0.2, 0.25) is 0 Å². The van der Waals surface area contributed by atoms with Gasteiger partial charge in [-0.15, -0.1) is 0 Å². The average molecular weight is 499 g/mol. The lowest BCUT2D eigenvalue weighted by molar-refractivity contribution is 0.106. The first-order valence-electron chi connectivity index (χ1n) is 13.4. The lowest BCUT2D eigenvalue weighted by Gasteiger charge is -2.18. The third-order valence-electron chi connectivity index (χ3n) is 7.46. The highest BCUT2D eigenvalue weighted by molar-refractivity contribution is 7.92. The Bertz CT molecular complexity index is 1010. The largest absolute Gasteiger partial charge is 0.380 e. The number of fused-ring (bicyclic) bond motifs is 1. The molecule has 0 bridgehead atoms. The zero-order valence-electron chi connectivity index (χ0n) is 21.3. The first-order valence-corrected chi connectivity index (χ1v) is 15.0. The second kappa shape index (κ2) is 13.0. The Hall–Kier alpha value is -1.73. The molecule has 1 saturated carbocycles. The summed E-state index contributed by atoms with van der Waals surface area (Å²) in [7, 11) is -1.13. The van der Waals surface area contributed by atoms with Gasteiger partial charge in [-0.3, -0.25) is 9.80 Å². The van der Waals surface area contributed by atoms with Crippen molar-refractivity contribution in [3.63, 3.8) is 0 Å². The molecule has 2 aliphatic rings. The first-order chi connectivity index (χ1) is 17.0. The summed E-state index contributed by atoms with van der Waals surface area (Å²) >= 11 is 0. The van der Waals surface area contributed by atoms with Crippen molar-refractivity contribution >= 4 is 9.84 Å². The number of unbranched alkanes of at least 4 members (excludes halogenated alkanes) is 3. The van der Waals surface area contributed by atoms with Crippen molar-refractivity contribution in [1.82, 2.24) is 9.80 Å². The zero-order valence-corrected chi connectivity index (χ0v) is 22.1. The van der Waals surface area contributed by atoms with Crippen LogP contribution < -0.4 is 0 Å². The summed E-state index contributed by atoms with van der Waals surface area (Å²) in [5, 5.41) is -0.193. The van der Waals surface area contributed by atoms with E-state index < -0.39 is 9.84 Å². The van der Waals surface area contributed by atoms with E-state index in [0.717, 1.165) is 70.5 Å². The second-order valence-electron chi connectivity index (χ2n) is 10.3. The minimum Gasteiger partial charge on any atom is -0.380 e. The zero-order chi connectivity index (χ0) is 24.5. The Morgan fingerprint density at radius 2 is 1.63 bits per heavy atom. The van der Waals surface area contributed by atoms with E-state index in [2.05, 4.69) is 41.1 Å². The summed E-state index contributed by atoms with van der Waals surface area (Å²) < 4.78 is 31.6. The number of nitrogens with zero attached hydrogens (tertiary/aromatic N) is 2. The van der Waals surface area contributed by atoms with Crippen LogP contribution in [0, 0.1) is 0 Å². The number of hydrogen-bond acceptors (Lipinski definition) is 5. The Balaban J connectivity index is 1.05. The maximum absolute atomic E-state index is 12.9. The average Bonchev–Trinajstić information content (AvgIpc) is 3.53. The van der Waals surface area contributed by atoms with Crippen LogP contribution in [0.4, 0.5) is 0 Å². The molecule has 0 unspecified atom stereocenters. The molecule has 0 N–H and O–H groups in total. The van der Waals surface area contributed by atoms with Gasteiger partial charge >= 0.3 is 0 Å². The molecule has 0 aromatic heterocycles. The van der Waals surface area contributed by atoms with E-state index in [9.17, 15) is 8.42 Å². The predicted octanol–water partition coefficient (Wildman–Crippen LogP) is 5.43. The molecule has 2 aromatic carbocycles. The van der Waals surface area contributed by atoms with Gasteiger partial charge in [0.25, 0.3) is 0 Å². The molecule has 0 spiro atoms. The molecule has 1 fully saturated rings. The topological polar surface area (TPSA) is 49.9 Å². The van der Waals surface area contributed by atoms with Gasteiger partial charge < -0.3 is 4.74 Å². The van der Waals surface area contributed by atoms with Crippen LogP contribution in [0.2, 0.25) is 0 Å². The highest BCUT2D eigenvalue weighted by atomic mass is 32.2. The quantitative estimate of drug-likeness (QED) is 0.325. The highest BCUT2D eigenvalue weighted by Gasteiger charge is 2.30. The number of benzene rings is 2. The van der Waals surface area contributed by atoms with Gasteiger partial charge in [0.05, 0.1) is 16.8 Å². The standard InChI is InChI=1S/C29H42N2O3S/c1-30(22-25-11-10-16-29(21-25)35(32,33)28-14-6-7-15-28)18-20-34-19-9-3-2-8-17-31-23-26-12-4-5-13-27(26)24-31/h4-5,10-13,16,21,28H,2-3,6-9,14-15,17-20,22-24H2,1H3. The van der Waals surface area contributed by atoms with Crippen LogP contribution in [0.25, 0.3) is 0 Å². The van der Waals surface area contributed by atoms with Crippen LogP contribution in [-0.2, 0) is 34.2 Å². The summed E-state index contributed by atoms with van der Waals surface area (Å²) in [6.07, 6.45) is 8.51. The Kier molecular flexibility index (Phi) is 9.78. The first kappa shape index (κ1) is 26.3. The Morgan fingerprint density at radius 3 is 2.37 bits per heavy atom. The molecule has 1 aliphatic heterocycles. The molecular weight excluding hydrogens is 456 g/mol. The van der Waals surface area contributed by atoms with Gasteiger partial charge in [-0.1, -0.05) is 62.1 Å². The van der Waals surface area contributed by atoms with Crippen LogP contribution >= 0.6 is 0 Å². The fraction of sp³-hybridized carbons (Fsp3) is 0.586. The van der Waals surface area contributed by atoms with Crippen LogP contribution in [0.3, 0.4) is 0 Å². The molecule has 0 radical (unpaired) electrons. The number of likely N-dealkylation sites (N-methyl/N-ethyl adjacent to an activating group) is 1. The second-order valence-corrected chi connectivity index (χ2v) is 12.6. The minimum absolute atomic E-state index is 0.193. The Morgan fingerprint density at radius 1 is 0.914 bits per heavy atom. The van der Waals surface area contributed by atoms with E-state index in [4.69, 9.17) is 4.74 Å². The van der Waals surface area contributed by atoms with Crippen LogP contribution in [0.1, 0.15) is 68.1 Å². The van der Waals surface area contributed by atoms with E-state index in [1.54, 1.807) is 6.07 Å². The van der Waals surface area contributed by atoms with Crippen LogP contribution in [0.5, 0.6) is 0 Å². The predicted molar refractivity (Wildman–Crippen MR) is 142 cm³/mol. The minimum atomic E-state index is -3.19. The summed E-state index contributed by atoms with van der Waals surface area (Å²) in [6, 6.07) is 16.3. The van der Waals surface area contributed by atoms with Crippen molar-refractivity contribution in [1.29, 1.82) is 0 Å². The molecule has 192 valence electrons. The molecule has 35 heavy (non-hydrogen) atoms. The monoisotopic (exact) mass is 498 g/mol. The number of rotatable bonds is 14. The summed E-state index contributed by atoms with van der Waals surface area (Å²) in [5.74, 6) is 0. The molecule has 2 aromatic rings. The van der Waals surface area contributed by atoms with Gasteiger partial charge in [-0.25, -0.2) is 8.42 Å². The number of ether oxygens (including phenoxy) is 1. The van der Waals surface area contributed by atoms with E-state index in [1.165, 1.54) is 36.9 Å². The smallest absolute Gasteiger partial charge is 0.181 e. The fourth-order valence-corrected chi connectivity index (χ4v) is 7.30. The SMILES string of the molecule is CN(CCOCCCCCCN1Cc2ccccc2C1)Cc1cccc(S(=O)(=O)C2CCCC2)c1. The van der Waals surface area contributed by atoms with Gasteiger partial charge in [0, 0.05) is 32.8 Å². The lowest BCUT2D eigenvalue weighted by atomic mass is 10.1. The van der Waals surface area contributed by atoms with E-state index >= 15 is 0 Å². The van der Waals surface area contributed by atoms with E-state index in [1.807, 2.05) is 18.2 Å². The molecule has 4 rings (SSSR count). The van der Waals surface area contributed by atoms with Crippen molar-refractivity contribution in [2.75, 3.05) is 33.4 Å². The van der Waals surface area contributed by atoms with Gasteiger partial charge in [-0.05, 0) is 68.1 Å². The van der Waals surface area contributed by atoms with Crippen LogP contribution in [-0.4, -0.2) is 56.8 Å². The van der Waals surface area contributed by atoms with Crippen LogP contribution in [0.15, 0.2) is 53.4 Å². The van der Waals surface area contributed by atoms with Gasteiger partial charge in [-0.2, -0.15) is 0 Å². The molecule has 0 amide bonds. The fourth-order valence-electron chi connectivity index (χ4n) is 5.38. The molecule has 6 heteroatoms. The molecular formula is C29H42N2O3S. The molecule has 5 nitrogen and oxygen atoms in total. The number of sulfone groups is 1. The normalized spacial score (nSPS) is 16.9. The van der Waals surface area contributed by atoms with Crippen molar-refractivity contribution < 1.29 is 13.2 Å². The van der Waals surface area contributed by atoms with Gasteiger partial charge in [0.15, 0.2) is 9.84 Å². The maximum Gasteiger partial charge on any atom is 0.181 e. The lowest BCUT2D eigenvalue weighted by Crippen LogP contribution is -2.23. The molecule has 0 atom stereocenters.